The van der Waals surface area contributed by atoms with Crippen molar-refractivity contribution in [3.05, 3.63) is 97.8 Å². The number of benzene rings is 3. The Hall–Kier alpha value is -3.44. The van der Waals surface area contributed by atoms with Crippen molar-refractivity contribution in [2.75, 3.05) is 10.6 Å². The van der Waals surface area contributed by atoms with Crippen LogP contribution in [0.5, 0.6) is 0 Å². The van der Waals surface area contributed by atoms with E-state index in [1.807, 2.05) is 6.07 Å². The number of nitro benzene ring substituents is 1. The highest BCUT2D eigenvalue weighted by molar-refractivity contribution is 8.00. The summed E-state index contributed by atoms with van der Waals surface area (Å²) in [6.07, 6.45) is 0. The summed E-state index contributed by atoms with van der Waals surface area (Å²) in [4.78, 5) is 40.8. The van der Waals surface area contributed by atoms with Gasteiger partial charge in [-0.2, -0.15) is 0 Å². The molecule has 8 nitrogen and oxygen atoms in total. The largest absolute Gasteiger partial charge is 0.322 e. The van der Waals surface area contributed by atoms with Crippen molar-refractivity contribution >= 4 is 74.6 Å². The predicted molar refractivity (Wildman–Crippen MR) is 149 cm³/mol. The van der Waals surface area contributed by atoms with Crippen LogP contribution in [0.1, 0.15) is 17.3 Å². The van der Waals surface area contributed by atoms with Gasteiger partial charge in [-0.25, -0.2) is 4.98 Å². The van der Waals surface area contributed by atoms with Crippen molar-refractivity contribution in [3.63, 3.8) is 0 Å². The molecule has 37 heavy (non-hydrogen) atoms. The summed E-state index contributed by atoms with van der Waals surface area (Å²) >= 11 is 14.8. The molecule has 0 fully saturated rings. The van der Waals surface area contributed by atoms with E-state index in [2.05, 4.69) is 15.6 Å². The number of non-ortho nitro benzene ring substituents is 1. The van der Waals surface area contributed by atoms with E-state index in [0.717, 1.165) is 10.5 Å². The van der Waals surface area contributed by atoms with Crippen LogP contribution in [-0.2, 0) is 4.79 Å². The number of nitro groups is 1. The third kappa shape index (κ3) is 6.86. The van der Waals surface area contributed by atoms with Gasteiger partial charge in [-0.05, 0) is 55.5 Å². The highest BCUT2D eigenvalue weighted by atomic mass is 35.5. The van der Waals surface area contributed by atoms with E-state index in [-0.39, 0.29) is 11.6 Å². The minimum Gasteiger partial charge on any atom is -0.322 e. The Kier molecular flexibility index (Phi) is 8.45. The molecular weight excluding hydrogens is 555 g/mol. The van der Waals surface area contributed by atoms with Gasteiger partial charge in [0.05, 0.1) is 20.9 Å². The molecule has 188 valence electrons. The normalized spacial score (nSPS) is 11.5. The molecule has 0 radical (unpaired) electrons. The van der Waals surface area contributed by atoms with Crippen LogP contribution in [0, 0.1) is 10.1 Å². The fraction of sp³-hybridized carbons (Fsp3) is 0.0800. The summed E-state index contributed by atoms with van der Waals surface area (Å²) in [7, 11) is 0. The Balaban J connectivity index is 1.36. The lowest BCUT2D eigenvalue weighted by molar-refractivity contribution is -0.384. The molecule has 4 aromatic rings. The Morgan fingerprint density at radius 3 is 2.51 bits per heavy atom. The highest BCUT2D eigenvalue weighted by Gasteiger charge is 2.18. The predicted octanol–water partition coefficient (Wildman–Crippen LogP) is 7.40. The third-order valence-corrected chi connectivity index (χ3v) is 7.45. The van der Waals surface area contributed by atoms with Crippen molar-refractivity contribution in [3.8, 4) is 11.3 Å². The molecule has 0 aliphatic rings. The Morgan fingerprint density at radius 1 is 1.05 bits per heavy atom. The lowest BCUT2D eigenvalue weighted by Crippen LogP contribution is -2.22. The van der Waals surface area contributed by atoms with E-state index in [4.69, 9.17) is 23.2 Å². The van der Waals surface area contributed by atoms with Crippen LogP contribution in [0.25, 0.3) is 11.3 Å². The van der Waals surface area contributed by atoms with Crippen molar-refractivity contribution in [1.82, 2.24) is 4.98 Å². The first-order chi connectivity index (χ1) is 17.7. The number of aromatic nitrogens is 1. The topological polar surface area (TPSA) is 114 Å². The number of thioether (sulfide) groups is 1. The smallest absolute Gasteiger partial charge is 0.269 e. The van der Waals surface area contributed by atoms with Gasteiger partial charge in [-0.1, -0.05) is 29.3 Å². The fourth-order valence-electron chi connectivity index (χ4n) is 3.20. The van der Waals surface area contributed by atoms with Crippen LogP contribution in [0.3, 0.4) is 0 Å². The minimum atomic E-state index is -0.525. The number of hydrogen-bond donors (Lipinski definition) is 2. The molecule has 0 aliphatic heterocycles. The molecule has 4 rings (SSSR count). The molecule has 0 saturated heterocycles. The van der Waals surface area contributed by atoms with Crippen LogP contribution >= 0.6 is 46.3 Å². The maximum absolute atomic E-state index is 12.8. The number of carbonyl (C=O) groups excluding carboxylic acids is 2. The summed E-state index contributed by atoms with van der Waals surface area (Å²) in [5.41, 5.74) is 2.09. The second kappa shape index (κ2) is 11.7. The molecule has 2 N–H and O–H groups in total. The van der Waals surface area contributed by atoms with Gasteiger partial charge < -0.3 is 10.6 Å². The number of halogens is 2. The minimum absolute atomic E-state index is 0.0926. The summed E-state index contributed by atoms with van der Waals surface area (Å²) < 4.78 is 0. The molecule has 2 amide bonds. The Labute approximate surface area is 230 Å². The van der Waals surface area contributed by atoms with Crippen molar-refractivity contribution in [2.45, 2.75) is 17.1 Å². The summed E-state index contributed by atoms with van der Waals surface area (Å²) in [6.45, 7) is 1.77. The molecule has 0 spiro atoms. The van der Waals surface area contributed by atoms with Crippen LogP contribution in [-0.4, -0.2) is 27.0 Å². The first-order valence-corrected chi connectivity index (χ1v) is 13.3. The van der Waals surface area contributed by atoms with Crippen molar-refractivity contribution < 1.29 is 14.5 Å². The van der Waals surface area contributed by atoms with Gasteiger partial charge >= 0.3 is 0 Å². The van der Waals surface area contributed by atoms with Crippen LogP contribution in [0.2, 0.25) is 10.0 Å². The second-order valence-corrected chi connectivity index (χ2v) is 10.8. The maximum atomic E-state index is 12.8. The summed E-state index contributed by atoms with van der Waals surface area (Å²) in [5.74, 6) is -0.628. The van der Waals surface area contributed by atoms with Crippen LogP contribution in [0.4, 0.5) is 16.5 Å². The molecule has 0 aliphatic carbocycles. The number of nitrogens with zero attached hydrogens (tertiary/aromatic N) is 2. The standard InChI is InChI=1S/C25H18Cl2N4O4S2/c1-14(23(32)30-25-29-22(13-36-25)20-10-7-16(26)11-21(20)27)37-19-4-2-3-17(12-19)28-24(33)15-5-8-18(9-6-15)31(34)35/h2-14H,1H3,(H,28,33)(H,29,30,32). The first-order valence-electron chi connectivity index (χ1n) is 10.7. The van der Waals surface area contributed by atoms with Gasteiger partial charge in [0.1, 0.15) is 0 Å². The summed E-state index contributed by atoms with van der Waals surface area (Å²) in [6, 6.07) is 17.5. The SMILES string of the molecule is CC(Sc1cccc(NC(=O)c2ccc([N+](=O)[O-])cc2)c1)C(=O)Nc1nc(-c2ccc(Cl)cc2Cl)cs1. The molecule has 12 heteroatoms. The number of amides is 2. The number of nitrogens with one attached hydrogen (secondary N) is 2. The van der Waals surface area contributed by atoms with Crippen molar-refractivity contribution in [1.29, 1.82) is 0 Å². The molecule has 0 saturated carbocycles. The number of anilines is 2. The molecule has 0 bridgehead atoms. The molecule has 1 unspecified atom stereocenters. The molecular formula is C25H18Cl2N4O4S2. The fourth-order valence-corrected chi connectivity index (χ4v) is 5.35. The lowest BCUT2D eigenvalue weighted by Gasteiger charge is -2.12. The molecule has 1 atom stereocenters. The monoisotopic (exact) mass is 572 g/mol. The van der Waals surface area contributed by atoms with E-state index in [1.54, 1.807) is 48.7 Å². The first kappa shape index (κ1) is 26.6. The molecule has 1 heterocycles. The maximum Gasteiger partial charge on any atom is 0.269 e. The molecule has 3 aromatic carbocycles. The number of carbonyl (C=O) groups is 2. The number of thiazole rings is 1. The van der Waals surface area contributed by atoms with Crippen LogP contribution < -0.4 is 10.6 Å². The quantitative estimate of drug-likeness (QED) is 0.129. The third-order valence-electron chi connectivity index (χ3n) is 5.06. The van der Waals surface area contributed by atoms with Gasteiger partial charge in [0.2, 0.25) is 5.91 Å². The van der Waals surface area contributed by atoms with Gasteiger partial charge in [0, 0.05) is 44.2 Å². The number of rotatable bonds is 8. The van der Waals surface area contributed by atoms with Gasteiger partial charge in [-0.3, -0.25) is 19.7 Å². The van der Waals surface area contributed by atoms with E-state index >= 15 is 0 Å². The van der Waals surface area contributed by atoms with Crippen LogP contribution in [0.15, 0.2) is 77.0 Å². The highest BCUT2D eigenvalue weighted by Crippen LogP contribution is 2.33. The molecule has 1 aromatic heterocycles. The van der Waals surface area contributed by atoms with E-state index in [1.165, 1.54) is 47.4 Å². The van der Waals surface area contributed by atoms with Gasteiger partial charge in [0.15, 0.2) is 5.13 Å². The van der Waals surface area contributed by atoms with Gasteiger partial charge in [0.25, 0.3) is 11.6 Å². The van der Waals surface area contributed by atoms with Gasteiger partial charge in [-0.15, -0.1) is 23.1 Å². The summed E-state index contributed by atoms with van der Waals surface area (Å²) in [5, 5.41) is 19.2. The zero-order valence-electron chi connectivity index (χ0n) is 19.1. The zero-order valence-corrected chi connectivity index (χ0v) is 22.3. The van der Waals surface area contributed by atoms with E-state index in [9.17, 15) is 19.7 Å². The average Bonchev–Trinajstić information content (AvgIpc) is 3.32. The zero-order chi connectivity index (χ0) is 26.5. The Morgan fingerprint density at radius 2 is 1.81 bits per heavy atom. The number of hydrogen-bond acceptors (Lipinski definition) is 7. The average molecular weight is 573 g/mol. The second-order valence-electron chi connectivity index (χ2n) is 7.70. The van der Waals surface area contributed by atoms with E-state index < -0.39 is 16.1 Å². The van der Waals surface area contributed by atoms with E-state index in [0.29, 0.717) is 32.1 Å². The van der Waals surface area contributed by atoms with Crippen molar-refractivity contribution in [2.24, 2.45) is 0 Å². The Bertz CT molecular complexity index is 1480. The lowest BCUT2D eigenvalue weighted by atomic mass is 10.2.